The Bertz CT molecular complexity index is 444. The van der Waals surface area contributed by atoms with Gasteiger partial charge in [-0.2, -0.15) is 0 Å². The number of aryl methyl sites for hydroxylation is 1. The number of carbonyl (C=O) groups is 1. The number of likely N-dealkylation sites (tertiary alicyclic amines) is 1. The Morgan fingerprint density at radius 3 is 3.00 bits per heavy atom. The van der Waals surface area contributed by atoms with E-state index in [0.29, 0.717) is 10.9 Å². The van der Waals surface area contributed by atoms with Crippen molar-refractivity contribution in [2.75, 3.05) is 13.2 Å². The molecule has 4 nitrogen and oxygen atoms in total. The van der Waals surface area contributed by atoms with Gasteiger partial charge in [0.15, 0.2) is 0 Å². The molecular formula is C14H21NO3S. The number of rotatable bonds is 6. The van der Waals surface area contributed by atoms with Crippen LogP contribution in [0.25, 0.3) is 0 Å². The van der Waals surface area contributed by atoms with Crippen molar-refractivity contribution in [2.24, 2.45) is 0 Å². The summed E-state index contributed by atoms with van der Waals surface area (Å²) in [5, 5.41) is 17.9. The highest BCUT2D eigenvalue weighted by atomic mass is 32.1. The van der Waals surface area contributed by atoms with Gasteiger partial charge in [-0.15, -0.1) is 11.3 Å². The second-order valence-electron chi connectivity index (χ2n) is 5.13. The van der Waals surface area contributed by atoms with E-state index in [1.165, 1.54) is 24.2 Å². The number of thiophene rings is 1. The fourth-order valence-electron chi connectivity index (χ4n) is 2.76. The van der Waals surface area contributed by atoms with Crippen LogP contribution in [0, 0.1) is 6.92 Å². The van der Waals surface area contributed by atoms with E-state index in [4.69, 9.17) is 10.2 Å². The molecule has 5 heteroatoms. The van der Waals surface area contributed by atoms with Crippen molar-refractivity contribution in [1.82, 2.24) is 4.90 Å². The third-order valence-corrected chi connectivity index (χ3v) is 4.88. The molecule has 2 N–H and O–H groups in total. The highest BCUT2D eigenvalue weighted by Crippen LogP contribution is 2.28. The van der Waals surface area contributed by atoms with Gasteiger partial charge in [-0.1, -0.05) is 0 Å². The van der Waals surface area contributed by atoms with E-state index in [2.05, 4.69) is 4.90 Å². The molecule has 106 valence electrons. The van der Waals surface area contributed by atoms with Gasteiger partial charge in [0.05, 0.1) is 0 Å². The van der Waals surface area contributed by atoms with E-state index >= 15 is 0 Å². The van der Waals surface area contributed by atoms with Gasteiger partial charge < -0.3 is 10.2 Å². The highest BCUT2D eigenvalue weighted by molar-refractivity contribution is 7.14. The molecule has 2 heterocycles. The molecule has 1 fully saturated rings. The van der Waals surface area contributed by atoms with Gasteiger partial charge in [-0.05, 0) is 50.8 Å². The summed E-state index contributed by atoms with van der Waals surface area (Å²) < 4.78 is 0. The topological polar surface area (TPSA) is 60.8 Å². The molecule has 0 radical (unpaired) electrons. The molecule has 1 aliphatic rings. The lowest BCUT2D eigenvalue weighted by Crippen LogP contribution is -2.29. The van der Waals surface area contributed by atoms with Crippen LogP contribution in [0.15, 0.2) is 6.07 Å². The maximum absolute atomic E-state index is 11.0. The first kappa shape index (κ1) is 14.5. The van der Waals surface area contributed by atoms with Gasteiger partial charge in [0.25, 0.3) is 0 Å². The maximum Gasteiger partial charge on any atom is 0.345 e. The Labute approximate surface area is 117 Å². The van der Waals surface area contributed by atoms with Crippen LogP contribution in [0.1, 0.15) is 45.8 Å². The second-order valence-corrected chi connectivity index (χ2v) is 6.39. The van der Waals surface area contributed by atoms with Crippen molar-refractivity contribution in [3.63, 3.8) is 0 Å². The van der Waals surface area contributed by atoms with Crippen LogP contribution in [0.3, 0.4) is 0 Å². The average molecular weight is 283 g/mol. The van der Waals surface area contributed by atoms with E-state index in [-0.39, 0.29) is 6.61 Å². The summed E-state index contributed by atoms with van der Waals surface area (Å²) in [5.41, 5.74) is 1.14. The van der Waals surface area contributed by atoms with Crippen LogP contribution in [-0.2, 0) is 6.54 Å². The minimum atomic E-state index is -0.836. The van der Waals surface area contributed by atoms with E-state index < -0.39 is 5.97 Å². The number of aromatic carboxylic acids is 1. The molecule has 0 bridgehead atoms. The van der Waals surface area contributed by atoms with Crippen LogP contribution in [-0.4, -0.2) is 40.3 Å². The molecule has 19 heavy (non-hydrogen) atoms. The van der Waals surface area contributed by atoms with Gasteiger partial charge >= 0.3 is 5.97 Å². The molecule has 1 saturated heterocycles. The zero-order valence-electron chi connectivity index (χ0n) is 11.3. The molecular weight excluding hydrogens is 262 g/mol. The van der Waals surface area contributed by atoms with Crippen LogP contribution in [0.2, 0.25) is 0 Å². The number of carboxylic acids is 1. The predicted molar refractivity (Wildman–Crippen MR) is 75.8 cm³/mol. The monoisotopic (exact) mass is 283 g/mol. The molecule has 2 rings (SSSR count). The molecule has 0 amide bonds. The lowest BCUT2D eigenvalue weighted by Gasteiger charge is -2.24. The number of hydrogen-bond donors (Lipinski definition) is 2. The van der Waals surface area contributed by atoms with Gasteiger partial charge in [-0.25, -0.2) is 4.79 Å². The summed E-state index contributed by atoms with van der Waals surface area (Å²) in [6, 6.07) is 2.35. The molecule has 1 atom stereocenters. The first-order valence-corrected chi connectivity index (χ1v) is 7.61. The molecule has 1 unspecified atom stereocenters. The number of aliphatic hydroxyl groups is 1. The Morgan fingerprint density at radius 1 is 1.58 bits per heavy atom. The van der Waals surface area contributed by atoms with E-state index in [1.54, 1.807) is 0 Å². The third-order valence-electron chi connectivity index (χ3n) is 3.80. The molecule has 0 aromatic carbocycles. The molecule has 1 aliphatic heterocycles. The summed E-state index contributed by atoms with van der Waals surface area (Å²) in [7, 11) is 0. The zero-order valence-corrected chi connectivity index (χ0v) is 12.1. The highest BCUT2D eigenvalue weighted by Gasteiger charge is 2.25. The van der Waals surface area contributed by atoms with E-state index in [1.807, 2.05) is 13.0 Å². The van der Waals surface area contributed by atoms with Gasteiger partial charge in [0, 0.05) is 24.1 Å². The van der Waals surface area contributed by atoms with Crippen molar-refractivity contribution in [3.8, 4) is 0 Å². The molecule has 1 aromatic rings. The second kappa shape index (κ2) is 6.50. The van der Waals surface area contributed by atoms with Crippen molar-refractivity contribution in [2.45, 2.75) is 45.2 Å². The fourth-order valence-corrected chi connectivity index (χ4v) is 3.63. The van der Waals surface area contributed by atoms with Gasteiger partial charge in [0.2, 0.25) is 0 Å². The minimum Gasteiger partial charge on any atom is -0.477 e. The predicted octanol–water partition coefficient (Wildman–Crippen LogP) is 2.49. The minimum absolute atomic E-state index is 0.255. The summed E-state index contributed by atoms with van der Waals surface area (Å²) in [4.78, 5) is 14.9. The summed E-state index contributed by atoms with van der Waals surface area (Å²) in [6.07, 6.45) is 4.27. The summed E-state index contributed by atoms with van der Waals surface area (Å²) in [5.74, 6) is -0.836. The number of hydrogen-bond acceptors (Lipinski definition) is 4. The standard InChI is InChI=1S/C14H21NO3S/c1-10-11(8-13(19-10)14(17)18)9-15-6-2-4-12(15)5-3-7-16/h8,12,16H,2-7,9H2,1H3,(H,17,18). The Morgan fingerprint density at radius 2 is 2.37 bits per heavy atom. The van der Waals surface area contributed by atoms with Gasteiger partial charge in [-0.3, -0.25) is 4.90 Å². The Balaban J connectivity index is 2.01. The van der Waals surface area contributed by atoms with Crippen LogP contribution >= 0.6 is 11.3 Å². The van der Waals surface area contributed by atoms with Crippen molar-refractivity contribution in [3.05, 3.63) is 21.4 Å². The van der Waals surface area contributed by atoms with Gasteiger partial charge in [0.1, 0.15) is 4.88 Å². The zero-order chi connectivity index (χ0) is 13.8. The number of nitrogens with zero attached hydrogens (tertiary/aromatic N) is 1. The van der Waals surface area contributed by atoms with Crippen molar-refractivity contribution in [1.29, 1.82) is 0 Å². The summed E-state index contributed by atoms with van der Waals surface area (Å²) >= 11 is 1.36. The first-order chi connectivity index (χ1) is 9.11. The Hall–Kier alpha value is -0.910. The Kier molecular flexibility index (Phi) is 4.96. The van der Waals surface area contributed by atoms with Crippen molar-refractivity contribution < 1.29 is 15.0 Å². The molecule has 1 aromatic heterocycles. The van der Waals surface area contributed by atoms with Crippen molar-refractivity contribution >= 4 is 17.3 Å². The van der Waals surface area contributed by atoms with E-state index in [9.17, 15) is 4.79 Å². The SMILES string of the molecule is Cc1sc(C(=O)O)cc1CN1CCCC1CCCO. The van der Waals surface area contributed by atoms with Crippen LogP contribution in [0.5, 0.6) is 0 Å². The molecule has 0 saturated carbocycles. The average Bonchev–Trinajstić information content (AvgIpc) is 2.95. The maximum atomic E-state index is 11.0. The van der Waals surface area contributed by atoms with Crippen LogP contribution in [0.4, 0.5) is 0 Å². The lowest BCUT2D eigenvalue weighted by atomic mass is 10.1. The van der Waals surface area contributed by atoms with E-state index in [0.717, 1.165) is 36.4 Å². The lowest BCUT2D eigenvalue weighted by molar-refractivity contribution is 0.0702. The smallest absolute Gasteiger partial charge is 0.345 e. The first-order valence-electron chi connectivity index (χ1n) is 6.79. The fraction of sp³-hybridized carbons (Fsp3) is 0.643. The van der Waals surface area contributed by atoms with Crippen LogP contribution < -0.4 is 0 Å². The normalized spacial score (nSPS) is 20.0. The quantitative estimate of drug-likeness (QED) is 0.842. The molecule has 0 aliphatic carbocycles. The molecule has 0 spiro atoms. The summed E-state index contributed by atoms with van der Waals surface area (Å²) in [6.45, 7) is 4.16. The number of carboxylic acid groups (broad SMARTS) is 1. The number of aliphatic hydroxyl groups excluding tert-OH is 1. The largest absolute Gasteiger partial charge is 0.477 e. The third kappa shape index (κ3) is 3.55.